The fourth-order valence-corrected chi connectivity index (χ4v) is 3.23. The minimum absolute atomic E-state index is 0.0406. The number of alkyl halides is 3. The SMILES string of the molecule is O=S(=O)(OC1=CC[C@@H](OCc2ccccc2)[C@H](COCc2ccccc2)O1)C(F)(F)F. The first-order valence-corrected chi connectivity index (χ1v) is 10.8. The number of hydrogen-bond donors (Lipinski definition) is 0. The number of hydrogen-bond acceptors (Lipinski definition) is 6. The fraction of sp³-hybridized carbons (Fsp3) is 0.333. The molecule has 0 bridgehead atoms. The molecule has 1 heterocycles. The topological polar surface area (TPSA) is 71.1 Å². The second-order valence-corrected chi connectivity index (χ2v) is 8.27. The highest BCUT2D eigenvalue weighted by Gasteiger charge is 2.49. The Balaban J connectivity index is 1.65. The minimum Gasteiger partial charge on any atom is -0.456 e. The van der Waals surface area contributed by atoms with E-state index in [0.717, 1.165) is 17.2 Å². The Morgan fingerprint density at radius 2 is 1.52 bits per heavy atom. The normalized spacial score (nSPS) is 19.4. The van der Waals surface area contributed by atoms with Crippen molar-refractivity contribution in [2.24, 2.45) is 0 Å². The van der Waals surface area contributed by atoms with E-state index >= 15 is 0 Å². The second kappa shape index (κ2) is 10.2. The molecular weight excluding hydrogens is 437 g/mol. The van der Waals surface area contributed by atoms with Crippen LogP contribution >= 0.6 is 0 Å². The summed E-state index contributed by atoms with van der Waals surface area (Å²) in [5.74, 6) is -0.745. The van der Waals surface area contributed by atoms with Gasteiger partial charge in [-0.05, 0) is 11.1 Å². The highest BCUT2D eigenvalue weighted by Crippen LogP contribution is 2.30. The highest BCUT2D eigenvalue weighted by atomic mass is 32.2. The zero-order chi connectivity index (χ0) is 22.3. The quantitative estimate of drug-likeness (QED) is 0.413. The summed E-state index contributed by atoms with van der Waals surface area (Å²) in [4.78, 5) is 0. The van der Waals surface area contributed by atoms with E-state index in [0.29, 0.717) is 0 Å². The van der Waals surface area contributed by atoms with Gasteiger partial charge >= 0.3 is 15.6 Å². The largest absolute Gasteiger partial charge is 0.534 e. The van der Waals surface area contributed by atoms with E-state index in [1.54, 1.807) is 0 Å². The van der Waals surface area contributed by atoms with E-state index in [9.17, 15) is 21.6 Å². The lowest BCUT2D eigenvalue weighted by molar-refractivity contribution is -0.121. The number of halogens is 3. The van der Waals surface area contributed by atoms with Crippen molar-refractivity contribution in [1.29, 1.82) is 0 Å². The van der Waals surface area contributed by atoms with Gasteiger partial charge in [-0.3, -0.25) is 0 Å². The molecule has 168 valence electrons. The molecule has 2 aromatic carbocycles. The summed E-state index contributed by atoms with van der Waals surface area (Å²) in [5, 5.41) is 0. The summed E-state index contributed by atoms with van der Waals surface area (Å²) in [6, 6.07) is 18.6. The molecule has 3 rings (SSSR count). The molecule has 0 saturated heterocycles. The van der Waals surface area contributed by atoms with Gasteiger partial charge < -0.3 is 18.4 Å². The first kappa shape index (κ1) is 23.1. The molecule has 1 aliphatic rings. The van der Waals surface area contributed by atoms with E-state index in [-0.39, 0.29) is 26.2 Å². The summed E-state index contributed by atoms with van der Waals surface area (Å²) in [7, 11) is -5.83. The molecule has 0 amide bonds. The van der Waals surface area contributed by atoms with Crippen LogP contribution in [0.3, 0.4) is 0 Å². The van der Waals surface area contributed by atoms with Crippen LogP contribution in [0.1, 0.15) is 17.5 Å². The summed E-state index contributed by atoms with van der Waals surface area (Å²) >= 11 is 0. The van der Waals surface area contributed by atoms with Gasteiger partial charge in [0, 0.05) is 12.5 Å². The van der Waals surface area contributed by atoms with Crippen molar-refractivity contribution in [3.05, 3.63) is 83.8 Å². The molecular formula is C21H21F3O6S. The van der Waals surface area contributed by atoms with Crippen molar-refractivity contribution < 1.29 is 40.0 Å². The maximum Gasteiger partial charge on any atom is 0.534 e. The molecule has 6 nitrogen and oxygen atoms in total. The Bertz CT molecular complexity index is 962. The van der Waals surface area contributed by atoms with Crippen molar-refractivity contribution in [1.82, 2.24) is 0 Å². The summed E-state index contributed by atoms with van der Waals surface area (Å²) in [5.41, 5.74) is -3.76. The minimum atomic E-state index is -5.83. The van der Waals surface area contributed by atoms with Crippen LogP contribution in [-0.4, -0.2) is 32.7 Å². The molecule has 0 N–H and O–H groups in total. The zero-order valence-electron chi connectivity index (χ0n) is 16.3. The standard InChI is InChI=1S/C21H21F3O6S/c22-21(23,24)31(25,26)30-20-12-11-18(28-14-17-9-5-2-6-10-17)19(29-20)15-27-13-16-7-3-1-4-8-16/h1-10,12,18-19H,11,13-15H2/t18-,19+/m1/s1. The van der Waals surface area contributed by atoms with Crippen LogP contribution in [-0.2, 0) is 41.7 Å². The lowest BCUT2D eigenvalue weighted by Crippen LogP contribution is -2.39. The van der Waals surface area contributed by atoms with Crippen molar-refractivity contribution in [3.63, 3.8) is 0 Å². The first-order chi connectivity index (χ1) is 14.7. The van der Waals surface area contributed by atoms with E-state index in [1.165, 1.54) is 0 Å². The van der Waals surface area contributed by atoms with E-state index in [2.05, 4.69) is 4.18 Å². The van der Waals surface area contributed by atoms with Gasteiger partial charge in [0.2, 0.25) is 0 Å². The van der Waals surface area contributed by atoms with Crippen molar-refractivity contribution in [2.45, 2.75) is 37.4 Å². The monoisotopic (exact) mass is 458 g/mol. The third-order valence-corrected chi connectivity index (χ3v) is 5.33. The molecule has 0 aromatic heterocycles. The van der Waals surface area contributed by atoms with Crippen LogP contribution < -0.4 is 0 Å². The third-order valence-electron chi connectivity index (χ3n) is 4.37. The average Bonchev–Trinajstić information content (AvgIpc) is 2.73. The molecule has 2 atom stereocenters. The van der Waals surface area contributed by atoms with Gasteiger partial charge in [0.25, 0.3) is 5.95 Å². The number of rotatable bonds is 9. The lowest BCUT2D eigenvalue weighted by Gasteiger charge is -2.31. The van der Waals surface area contributed by atoms with Crippen LogP contribution in [0.25, 0.3) is 0 Å². The Morgan fingerprint density at radius 3 is 2.10 bits per heavy atom. The highest BCUT2D eigenvalue weighted by molar-refractivity contribution is 7.87. The molecule has 0 fully saturated rings. The van der Waals surface area contributed by atoms with E-state index < -0.39 is 33.8 Å². The van der Waals surface area contributed by atoms with E-state index in [1.807, 2.05) is 60.7 Å². The molecule has 0 spiro atoms. The number of benzene rings is 2. The Labute approximate surface area is 178 Å². The van der Waals surface area contributed by atoms with Gasteiger partial charge in [0.1, 0.15) is 6.10 Å². The molecule has 10 heteroatoms. The number of ether oxygens (including phenoxy) is 3. The predicted molar refractivity (Wildman–Crippen MR) is 105 cm³/mol. The molecule has 0 aliphatic carbocycles. The Kier molecular flexibility index (Phi) is 7.58. The van der Waals surface area contributed by atoms with Crippen molar-refractivity contribution in [3.8, 4) is 0 Å². The predicted octanol–water partition coefficient (Wildman–Crippen LogP) is 4.29. The molecule has 0 unspecified atom stereocenters. The molecule has 1 aliphatic heterocycles. The maximum atomic E-state index is 12.6. The van der Waals surface area contributed by atoms with Crippen LogP contribution in [0.5, 0.6) is 0 Å². The smallest absolute Gasteiger partial charge is 0.456 e. The lowest BCUT2D eigenvalue weighted by atomic mass is 10.1. The second-order valence-electron chi connectivity index (χ2n) is 6.73. The summed E-state index contributed by atoms with van der Waals surface area (Å²) in [6.45, 7) is 0.447. The molecule has 31 heavy (non-hydrogen) atoms. The van der Waals surface area contributed by atoms with Gasteiger partial charge in [-0.15, -0.1) is 0 Å². The van der Waals surface area contributed by atoms with E-state index in [4.69, 9.17) is 14.2 Å². The van der Waals surface area contributed by atoms with Gasteiger partial charge in [0.05, 0.1) is 19.8 Å². The van der Waals surface area contributed by atoms with Gasteiger partial charge in [0.15, 0.2) is 6.10 Å². The Morgan fingerprint density at radius 1 is 0.935 bits per heavy atom. The third kappa shape index (κ3) is 6.71. The molecule has 0 radical (unpaired) electrons. The Hall–Kier alpha value is -2.56. The van der Waals surface area contributed by atoms with Crippen LogP contribution in [0.2, 0.25) is 0 Å². The van der Waals surface area contributed by atoms with Gasteiger partial charge in [-0.2, -0.15) is 21.6 Å². The average molecular weight is 458 g/mol. The van der Waals surface area contributed by atoms with Crippen LogP contribution in [0.15, 0.2) is 72.7 Å². The van der Waals surface area contributed by atoms with Crippen LogP contribution in [0, 0.1) is 0 Å². The van der Waals surface area contributed by atoms with Crippen molar-refractivity contribution in [2.75, 3.05) is 6.61 Å². The first-order valence-electron chi connectivity index (χ1n) is 9.39. The summed E-state index contributed by atoms with van der Waals surface area (Å²) < 4.78 is 81.4. The van der Waals surface area contributed by atoms with Gasteiger partial charge in [-0.1, -0.05) is 60.7 Å². The summed E-state index contributed by atoms with van der Waals surface area (Å²) in [6.07, 6.45) is -0.227. The maximum absolute atomic E-state index is 12.6. The van der Waals surface area contributed by atoms with Crippen molar-refractivity contribution >= 4 is 10.1 Å². The van der Waals surface area contributed by atoms with Gasteiger partial charge in [-0.25, -0.2) is 0 Å². The zero-order valence-corrected chi connectivity index (χ0v) is 17.1. The fourth-order valence-electron chi connectivity index (χ4n) is 2.81. The van der Waals surface area contributed by atoms with Crippen LogP contribution in [0.4, 0.5) is 13.2 Å². The molecule has 2 aromatic rings. The molecule has 0 saturated carbocycles.